The number of hydrazine groups is 1. The monoisotopic (exact) mass is 358 g/mol. The van der Waals surface area contributed by atoms with Gasteiger partial charge in [-0.2, -0.15) is 0 Å². The fourth-order valence-corrected chi connectivity index (χ4v) is 3.13. The second-order valence-corrected chi connectivity index (χ2v) is 7.65. The fourth-order valence-electron chi connectivity index (χ4n) is 3.13. The minimum absolute atomic E-state index is 0.0648. The first-order valence-electron chi connectivity index (χ1n) is 10.1. The molecule has 1 aromatic rings. The van der Waals surface area contributed by atoms with Crippen LogP contribution in [0, 0.1) is 0 Å². The number of nitrogens with one attached hydrogen (secondary N) is 2. The van der Waals surface area contributed by atoms with Crippen molar-refractivity contribution in [1.82, 2.24) is 10.9 Å². The molecule has 1 aliphatic rings. The first-order valence-corrected chi connectivity index (χ1v) is 10.1. The lowest BCUT2D eigenvalue weighted by Crippen LogP contribution is -2.38. The highest BCUT2D eigenvalue weighted by Gasteiger charge is 2.34. The molecule has 26 heavy (non-hydrogen) atoms. The van der Waals surface area contributed by atoms with Crippen molar-refractivity contribution < 1.29 is 9.53 Å². The molecule has 4 nitrogen and oxygen atoms in total. The average Bonchev–Trinajstić information content (AvgIpc) is 2.88. The number of amides is 1. The Hall–Kier alpha value is -1.81. The predicted molar refractivity (Wildman–Crippen MR) is 108 cm³/mol. The summed E-state index contributed by atoms with van der Waals surface area (Å²) < 4.78 is 5.83. The van der Waals surface area contributed by atoms with E-state index >= 15 is 0 Å². The highest BCUT2D eigenvalue weighted by molar-refractivity contribution is 6.01. The van der Waals surface area contributed by atoms with E-state index in [-0.39, 0.29) is 11.4 Å². The zero-order valence-electron chi connectivity index (χ0n) is 16.6. The number of carbonyl (C=O) groups is 1. The SMILES string of the molecule is CCCCCCCCCCOc1ccc(/C=C2\C(=O)NNC2(C)C)cc1. The zero-order valence-corrected chi connectivity index (χ0v) is 16.6. The van der Waals surface area contributed by atoms with Crippen LogP contribution in [0.1, 0.15) is 77.7 Å². The van der Waals surface area contributed by atoms with Gasteiger partial charge in [0.05, 0.1) is 12.1 Å². The maximum atomic E-state index is 11.9. The molecule has 1 aromatic carbocycles. The van der Waals surface area contributed by atoms with E-state index in [9.17, 15) is 4.79 Å². The van der Waals surface area contributed by atoms with E-state index < -0.39 is 0 Å². The normalized spacial score (nSPS) is 17.5. The highest BCUT2D eigenvalue weighted by Crippen LogP contribution is 2.23. The Morgan fingerprint density at radius 3 is 2.15 bits per heavy atom. The molecule has 1 aliphatic heterocycles. The van der Waals surface area contributed by atoms with Crippen molar-refractivity contribution in [3.05, 3.63) is 35.4 Å². The van der Waals surface area contributed by atoms with Gasteiger partial charge in [-0.05, 0) is 44.0 Å². The van der Waals surface area contributed by atoms with Crippen LogP contribution in [0.4, 0.5) is 0 Å². The highest BCUT2D eigenvalue weighted by atomic mass is 16.5. The van der Waals surface area contributed by atoms with Crippen LogP contribution in [0.5, 0.6) is 5.75 Å². The molecule has 0 bridgehead atoms. The summed E-state index contributed by atoms with van der Waals surface area (Å²) in [6.45, 7) is 7.00. The van der Waals surface area contributed by atoms with Crippen molar-refractivity contribution >= 4 is 12.0 Å². The molecule has 4 heteroatoms. The molecular formula is C22H34N2O2. The molecule has 1 fully saturated rings. The lowest BCUT2D eigenvalue weighted by Gasteiger charge is -2.16. The fraction of sp³-hybridized carbons (Fsp3) is 0.591. The number of ether oxygens (including phenoxy) is 1. The third-order valence-corrected chi connectivity index (χ3v) is 4.86. The Balaban J connectivity index is 1.69. The summed E-state index contributed by atoms with van der Waals surface area (Å²) in [5.41, 5.74) is 7.05. The lowest BCUT2D eigenvalue weighted by molar-refractivity contribution is -0.116. The van der Waals surface area contributed by atoms with Gasteiger partial charge in [-0.25, -0.2) is 5.43 Å². The maximum Gasteiger partial charge on any atom is 0.263 e. The Bertz CT molecular complexity index is 591. The molecule has 2 N–H and O–H groups in total. The number of rotatable bonds is 11. The van der Waals surface area contributed by atoms with Crippen LogP contribution in [-0.4, -0.2) is 18.1 Å². The zero-order chi connectivity index (χ0) is 18.8. The van der Waals surface area contributed by atoms with Gasteiger partial charge >= 0.3 is 0 Å². The molecule has 2 rings (SSSR count). The molecule has 1 heterocycles. The van der Waals surface area contributed by atoms with Crippen molar-refractivity contribution in [2.24, 2.45) is 0 Å². The quantitative estimate of drug-likeness (QED) is 0.432. The van der Waals surface area contributed by atoms with Gasteiger partial charge in [-0.1, -0.05) is 64.0 Å². The van der Waals surface area contributed by atoms with Crippen molar-refractivity contribution in [2.45, 2.75) is 77.7 Å². The van der Waals surface area contributed by atoms with Crippen molar-refractivity contribution in [2.75, 3.05) is 6.61 Å². The van der Waals surface area contributed by atoms with Crippen molar-refractivity contribution in [3.8, 4) is 5.75 Å². The molecular weight excluding hydrogens is 324 g/mol. The van der Waals surface area contributed by atoms with E-state index in [4.69, 9.17) is 4.74 Å². The van der Waals surface area contributed by atoms with Crippen molar-refractivity contribution in [1.29, 1.82) is 0 Å². The molecule has 144 valence electrons. The van der Waals surface area contributed by atoms with Crippen LogP contribution in [0.25, 0.3) is 6.08 Å². The van der Waals surface area contributed by atoms with Gasteiger partial charge in [0.2, 0.25) is 0 Å². The number of benzene rings is 1. The van der Waals surface area contributed by atoms with E-state index in [1.165, 1.54) is 44.9 Å². The molecule has 0 aliphatic carbocycles. The number of unbranched alkanes of at least 4 members (excludes halogenated alkanes) is 7. The van der Waals surface area contributed by atoms with E-state index in [1.54, 1.807) is 0 Å². The van der Waals surface area contributed by atoms with E-state index in [1.807, 2.05) is 44.2 Å². The second-order valence-electron chi connectivity index (χ2n) is 7.65. The van der Waals surface area contributed by atoms with E-state index in [2.05, 4.69) is 17.8 Å². The summed E-state index contributed by atoms with van der Waals surface area (Å²) in [6, 6.07) is 7.95. The molecule has 0 radical (unpaired) electrons. The third kappa shape index (κ3) is 6.49. The first-order chi connectivity index (χ1) is 12.5. The topological polar surface area (TPSA) is 50.4 Å². The lowest BCUT2D eigenvalue weighted by atomic mass is 9.94. The van der Waals surface area contributed by atoms with E-state index in [0.717, 1.165) is 29.9 Å². The number of hydrogen-bond acceptors (Lipinski definition) is 3. The number of carbonyl (C=O) groups excluding carboxylic acids is 1. The standard InChI is InChI=1S/C22H34N2O2/c1-4-5-6-7-8-9-10-11-16-26-19-14-12-18(13-15-19)17-20-21(25)23-24-22(20,2)3/h12-15,17,24H,4-11,16H2,1-3H3,(H,23,25)/b20-17+. The largest absolute Gasteiger partial charge is 0.494 e. The van der Waals surface area contributed by atoms with Gasteiger partial charge in [0, 0.05) is 5.57 Å². The Morgan fingerprint density at radius 1 is 0.962 bits per heavy atom. The molecule has 0 spiro atoms. The molecule has 0 unspecified atom stereocenters. The predicted octanol–water partition coefficient (Wildman–Crippen LogP) is 5.00. The summed E-state index contributed by atoms with van der Waals surface area (Å²) in [4.78, 5) is 11.9. The molecule has 1 saturated heterocycles. The van der Waals surface area contributed by atoms with Gasteiger partial charge in [-0.3, -0.25) is 10.2 Å². The van der Waals surface area contributed by atoms with Gasteiger partial charge in [0.15, 0.2) is 0 Å². The van der Waals surface area contributed by atoms with Crippen LogP contribution in [0.15, 0.2) is 29.8 Å². The summed E-state index contributed by atoms with van der Waals surface area (Å²) in [6.07, 6.45) is 12.4. The molecule has 0 saturated carbocycles. The molecule has 0 atom stereocenters. The minimum atomic E-state index is -0.358. The summed E-state index contributed by atoms with van der Waals surface area (Å²) >= 11 is 0. The van der Waals surface area contributed by atoms with Crippen molar-refractivity contribution in [3.63, 3.8) is 0 Å². The van der Waals surface area contributed by atoms with Gasteiger partial charge in [0.25, 0.3) is 5.91 Å². The van der Waals surface area contributed by atoms with Crippen LogP contribution in [0.2, 0.25) is 0 Å². The van der Waals surface area contributed by atoms with Gasteiger partial charge < -0.3 is 4.74 Å². The second kappa shape index (κ2) is 10.4. The molecule has 0 aromatic heterocycles. The van der Waals surface area contributed by atoms with Crippen LogP contribution in [0.3, 0.4) is 0 Å². The van der Waals surface area contributed by atoms with Crippen LogP contribution in [-0.2, 0) is 4.79 Å². The summed E-state index contributed by atoms with van der Waals surface area (Å²) in [5.74, 6) is 0.827. The molecule has 1 amide bonds. The van der Waals surface area contributed by atoms with Gasteiger partial charge in [0.1, 0.15) is 5.75 Å². The van der Waals surface area contributed by atoms with E-state index in [0.29, 0.717) is 0 Å². The average molecular weight is 359 g/mol. The maximum absolute atomic E-state index is 11.9. The van der Waals surface area contributed by atoms with Crippen LogP contribution < -0.4 is 15.6 Å². The Morgan fingerprint density at radius 2 is 1.58 bits per heavy atom. The van der Waals surface area contributed by atoms with Crippen LogP contribution >= 0.6 is 0 Å². The minimum Gasteiger partial charge on any atom is -0.494 e. The summed E-state index contributed by atoms with van der Waals surface area (Å²) in [7, 11) is 0. The first kappa shape index (κ1) is 20.5. The third-order valence-electron chi connectivity index (χ3n) is 4.86. The Kier molecular flexibility index (Phi) is 8.17. The number of hydrogen-bond donors (Lipinski definition) is 2. The Labute approximate surface area is 158 Å². The smallest absolute Gasteiger partial charge is 0.263 e. The summed E-state index contributed by atoms with van der Waals surface area (Å²) in [5, 5.41) is 0. The van der Waals surface area contributed by atoms with Gasteiger partial charge in [-0.15, -0.1) is 0 Å².